The topological polar surface area (TPSA) is 68.9 Å². The van der Waals surface area contributed by atoms with Gasteiger partial charge in [-0.3, -0.25) is 18.9 Å². The normalized spacial score (nSPS) is 17.9. The van der Waals surface area contributed by atoms with Crippen molar-refractivity contribution in [3.05, 3.63) is 93.1 Å². The lowest BCUT2D eigenvalue weighted by Crippen LogP contribution is -2.39. The van der Waals surface area contributed by atoms with Crippen molar-refractivity contribution in [1.29, 1.82) is 0 Å². The third-order valence-corrected chi connectivity index (χ3v) is 7.57. The number of imidazole rings is 1. The molecule has 1 N–H and O–H groups in total. The maximum absolute atomic E-state index is 13.6. The number of pyridine rings is 1. The molecule has 6 nitrogen and oxygen atoms in total. The molecule has 1 saturated carbocycles. The van der Waals surface area contributed by atoms with Crippen molar-refractivity contribution in [3.63, 3.8) is 0 Å². The molecule has 0 spiro atoms. The molecule has 4 aromatic rings. The van der Waals surface area contributed by atoms with Crippen LogP contribution in [0.15, 0.2) is 65.6 Å². The fourth-order valence-electron chi connectivity index (χ4n) is 5.26. The minimum Gasteiger partial charge on any atom is -0.349 e. The van der Waals surface area contributed by atoms with Crippen molar-refractivity contribution in [2.24, 2.45) is 5.92 Å². The fraction of sp³-hybridized carbons (Fsp3) is 0.345. The fourth-order valence-corrected chi connectivity index (χ4v) is 5.42. The smallest absolute Gasteiger partial charge is 0.333 e. The molecule has 2 aromatic heterocycles. The highest BCUT2D eigenvalue weighted by Crippen LogP contribution is 2.28. The third kappa shape index (κ3) is 4.82. The van der Waals surface area contributed by atoms with Gasteiger partial charge in [0.2, 0.25) is 0 Å². The van der Waals surface area contributed by atoms with Gasteiger partial charge in [0.15, 0.2) is 0 Å². The molecule has 2 aromatic carbocycles. The summed E-state index contributed by atoms with van der Waals surface area (Å²) in [6.45, 7) is 4.62. The number of hydrogen-bond donors (Lipinski definition) is 1. The molecule has 1 aliphatic rings. The van der Waals surface area contributed by atoms with E-state index in [1.807, 2.05) is 52.5 Å². The highest BCUT2D eigenvalue weighted by atomic mass is 35.5. The van der Waals surface area contributed by atoms with E-state index in [4.69, 9.17) is 11.6 Å². The number of hydrogen-bond acceptors (Lipinski definition) is 3. The lowest BCUT2D eigenvalue weighted by molar-refractivity contribution is 0.0919. The Kier molecular flexibility index (Phi) is 6.97. The van der Waals surface area contributed by atoms with Gasteiger partial charge in [0, 0.05) is 18.8 Å². The second-order valence-electron chi connectivity index (χ2n) is 9.71. The van der Waals surface area contributed by atoms with Crippen LogP contribution < -0.4 is 11.0 Å². The van der Waals surface area contributed by atoms with Gasteiger partial charge in [0.25, 0.3) is 5.91 Å². The highest BCUT2D eigenvalue weighted by Gasteiger charge is 2.25. The van der Waals surface area contributed by atoms with Crippen LogP contribution in [0.1, 0.15) is 54.2 Å². The van der Waals surface area contributed by atoms with Gasteiger partial charge in [0.1, 0.15) is 0 Å². The van der Waals surface area contributed by atoms with Gasteiger partial charge >= 0.3 is 5.69 Å². The molecule has 0 radical (unpaired) electrons. The number of amides is 1. The van der Waals surface area contributed by atoms with E-state index in [2.05, 4.69) is 29.4 Å². The molecule has 2 heterocycles. The molecular weight excluding hydrogens is 472 g/mol. The number of aromatic nitrogens is 3. The van der Waals surface area contributed by atoms with Crippen molar-refractivity contribution >= 4 is 28.5 Å². The summed E-state index contributed by atoms with van der Waals surface area (Å²) in [4.78, 5) is 30.6. The van der Waals surface area contributed by atoms with E-state index in [0.29, 0.717) is 28.7 Å². The second-order valence-corrected chi connectivity index (χ2v) is 10.2. The van der Waals surface area contributed by atoms with Crippen molar-refractivity contribution in [2.75, 3.05) is 0 Å². The minimum atomic E-state index is -0.126. The van der Waals surface area contributed by atoms with Crippen LogP contribution in [-0.4, -0.2) is 26.1 Å². The molecule has 1 amide bonds. The van der Waals surface area contributed by atoms with Crippen LogP contribution >= 0.6 is 11.6 Å². The number of aryl methyl sites for hydroxylation is 2. The Hall–Kier alpha value is -3.38. The summed E-state index contributed by atoms with van der Waals surface area (Å²) in [7, 11) is 0. The van der Waals surface area contributed by atoms with Crippen LogP contribution in [0.2, 0.25) is 5.02 Å². The molecule has 0 saturated heterocycles. The molecule has 5 rings (SSSR count). The zero-order valence-electron chi connectivity index (χ0n) is 20.7. The van der Waals surface area contributed by atoms with Crippen LogP contribution in [0.25, 0.3) is 16.7 Å². The zero-order chi connectivity index (χ0) is 25.2. The minimum absolute atomic E-state index is 0.000179. The zero-order valence-corrected chi connectivity index (χ0v) is 21.5. The summed E-state index contributed by atoms with van der Waals surface area (Å²) in [6, 6.07) is 18.0. The number of carbonyl (C=O) groups excluding carboxylic acids is 1. The Balaban J connectivity index is 1.30. The summed E-state index contributed by atoms with van der Waals surface area (Å²) in [6.07, 6.45) is 6.20. The average molecular weight is 503 g/mol. The van der Waals surface area contributed by atoms with Gasteiger partial charge in [-0.15, -0.1) is 0 Å². The summed E-state index contributed by atoms with van der Waals surface area (Å²) in [5.41, 5.74) is 5.23. The third-order valence-electron chi connectivity index (χ3n) is 7.36. The van der Waals surface area contributed by atoms with E-state index in [0.717, 1.165) is 48.8 Å². The van der Waals surface area contributed by atoms with Gasteiger partial charge in [-0.05, 0) is 80.8 Å². The molecule has 7 heteroatoms. The lowest BCUT2D eigenvalue weighted by Gasteiger charge is -2.29. The van der Waals surface area contributed by atoms with E-state index < -0.39 is 0 Å². The number of halogens is 1. The number of benzene rings is 2. The van der Waals surface area contributed by atoms with Gasteiger partial charge in [0.05, 0.1) is 33.0 Å². The number of rotatable bonds is 6. The maximum atomic E-state index is 13.6. The van der Waals surface area contributed by atoms with Crippen LogP contribution in [0.4, 0.5) is 0 Å². The van der Waals surface area contributed by atoms with Gasteiger partial charge < -0.3 is 5.32 Å². The Morgan fingerprint density at radius 1 is 1.06 bits per heavy atom. The van der Waals surface area contributed by atoms with Gasteiger partial charge in [-0.1, -0.05) is 42.8 Å². The molecule has 1 fully saturated rings. The number of nitrogens with zero attached hydrogens (tertiary/aromatic N) is 3. The van der Waals surface area contributed by atoms with E-state index >= 15 is 0 Å². The first-order valence-electron chi connectivity index (χ1n) is 12.7. The molecular formula is C29H31ClN4O2. The van der Waals surface area contributed by atoms with E-state index in [1.165, 1.54) is 5.56 Å². The molecule has 0 unspecified atom stereocenters. The van der Waals surface area contributed by atoms with Crippen molar-refractivity contribution in [2.45, 2.75) is 58.5 Å². The monoisotopic (exact) mass is 502 g/mol. The quantitative estimate of drug-likeness (QED) is 0.367. The van der Waals surface area contributed by atoms with Crippen LogP contribution in [-0.2, 0) is 13.0 Å². The Bertz CT molecular complexity index is 1450. The first-order valence-corrected chi connectivity index (χ1v) is 13.0. The van der Waals surface area contributed by atoms with Crippen LogP contribution in [0, 0.1) is 12.8 Å². The van der Waals surface area contributed by atoms with Crippen LogP contribution in [0.3, 0.4) is 0 Å². The highest BCUT2D eigenvalue weighted by molar-refractivity contribution is 6.30. The number of para-hydroxylation sites is 2. The maximum Gasteiger partial charge on any atom is 0.333 e. The molecule has 0 bridgehead atoms. The predicted molar refractivity (Wildman–Crippen MR) is 144 cm³/mol. The lowest BCUT2D eigenvalue weighted by atomic mass is 9.85. The van der Waals surface area contributed by atoms with E-state index in [-0.39, 0.29) is 17.6 Å². The van der Waals surface area contributed by atoms with Crippen molar-refractivity contribution in [1.82, 2.24) is 19.4 Å². The SMILES string of the molecule is CCc1ccc(-n2c(=O)n(CC3CCC(NC(=O)c4cc(Cl)cnc4C)CC3)c3ccccc32)cc1. The largest absolute Gasteiger partial charge is 0.349 e. The van der Waals surface area contributed by atoms with Gasteiger partial charge in [-0.2, -0.15) is 0 Å². The summed E-state index contributed by atoms with van der Waals surface area (Å²) < 4.78 is 3.75. The van der Waals surface area contributed by atoms with Crippen molar-refractivity contribution in [3.8, 4) is 5.69 Å². The summed E-state index contributed by atoms with van der Waals surface area (Å²) >= 11 is 6.04. The average Bonchev–Trinajstić information content (AvgIpc) is 3.17. The summed E-state index contributed by atoms with van der Waals surface area (Å²) in [5, 5.41) is 3.61. The van der Waals surface area contributed by atoms with Crippen LogP contribution in [0.5, 0.6) is 0 Å². The Morgan fingerprint density at radius 2 is 1.75 bits per heavy atom. The van der Waals surface area contributed by atoms with Crippen molar-refractivity contribution < 1.29 is 4.79 Å². The standard InChI is InChI=1S/C29H31ClN4O2/c1-3-20-10-14-24(15-11-20)34-27-7-5-4-6-26(27)33(29(34)36)18-21-8-12-23(13-9-21)32-28(35)25-16-22(30)17-31-19(25)2/h4-7,10-11,14-17,21,23H,3,8-9,12-13,18H2,1-2H3,(H,32,35). The van der Waals surface area contributed by atoms with E-state index in [9.17, 15) is 9.59 Å². The number of carbonyl (C=O) groups is 1. The Morgan fingerprint density at radius 3 is 2.44 bits per heavy atom. The second kappa shape index (κ2) is 10.3. The first kappa shape index (κ1) is 24.3. The molecule has 0 aliphatic heterocycles. The predicted octanol–water partition coefficient (Wildman–Crippen LogP) is 5.70. The van der Waals surface area contributed by atoms with E-state index in [1.54, 1.807) is 12.3 Å². The molecule has 0 atom stereocenters. The number of nitrogens with one attached hydrogen (secondary N) is 1. The molecule has 1 aliphatic carbocycles. The number of fused-ring (bicyclic) bond motifs is 1. The summed E-state index contributed by atoms with van der Waals surface area (Å²) in [5.74, 6) is 0.256. The molecule has 186 valence electrons. The first-order chi connectivity index (χ1) is 17.4. The Labute approximate surface area is 215 Å². The molecule has 36 heavy (non-hydrogen) atoms. The van der Waals surface area contributed by atoms with Gasteiger partial charge in [-0.25, -0.2) is 4.79 Å².